The van der Waals surface area contributed by atoms with Gasteiger partial charge in [-0.1, -0.05) is 13.0 Å². The second-order valence-electron chi connectivity index (χ2n) is 5.58. The third kappa shape index (κ3) is 3.58. The van der Waals surface area contributed by atoms with Crippen molar-refractivity contribution in [3.8, 4) is 6.07 Å². The number of amides is 1. The van der Waals surface area contributed by atoms with Gasteiger partial charge in [0.2, 0.25) is 5.91 Å². The highest BCUT2D eigenvalue weighted by atomic mass is 16.2. The molecule has 1 aromatic rings. The average molecular weight is 271 g/mol. The number of hydrogen-bond donors (Lipinski definition) is 1. The first kappa shape index (κ1) is 14.5. The minimum atomic E-state index is -0.131. The molecule has 4 nitrogen and oxygen atoms in total. The first-order chi connectivity index (χ1) is 9.60. The van der Waals surface area contributed by atoms with Crippen LogP contribution in [0.2, 0.25) is 0 Å². The molecule has 1 amide bonds. The van der Waals surface area contributed by atoms with Crippen LogP contribution < -0.4 is 5.32 Å². The van der Waals surface area contributed by atoms with Crippen LogP contribution in [0.25, 0.3) is 0 Å². The predicted octanol–water partition coefficient (Wildman–Crippen LogP) is 2.62. The molecule has 1 atom stereocenters. The van der Waals surface area contributed by atoms with Crippen molar-refractivity contribution in [2.24, 2.45) is 5.92 Å². The van der Waals surface area contributed by atoms with Crippen molar-refractivity contribution in [3.63, 3.8) is 0 Å². The van der Waals surface area contributed by atoms with Gasteiger partial charge in [0, 0.05) is 5.69 Å². The standard InChI is InChI=1S/C16H21N3O/c1-12-6-8-19(9-7-12)13(2)16(20)18-15-5-3-4-14(10-15)11-17/h3-5,10,12-13H,6-9H2,1-2H3,(H,18,20)/t13-/m0/s1. The lowest BCUT2D eigenvalue weighted by Crippen LogP contribution is -2.45. The smallest absolute Gasteiger partial charge is 0.241 e. The summed E-state index contributed by atoms with van der Waals surface area (Å²) < 4.78 is 0. The molecule has 0 unspecified atom stereocenters. The zero-order valence-electron chi connectivity index (χ0n) is 12.1. The largest absolute Gasteiger partial charge is 0.325 e. The third-order valence-electron chi connectivity index (χ3n) is 4.00. The van der Waals surface area contributed by atoms with Gasteiger partial charge in [-0.3, -0.25) is 9.69 Å². The maximum atomic E-state index is 12.3. The quantitative estimate of drug-likeness (QED) is 0.919. The SMILES string of the molecule is CC1CCN([C@@H](C)C(=O)Nc2cccc(C#N)c2)CC1. The van der Waals surface area contributed by atoms with Crippen molar-refractivity contribution in [2.75, 3.05) is 18.4 Å². The van der Waals surface area contributed by atoms with E-state index in [0.717, 1.165) is 31.8 Å². The molecular formula is C16H21N3O. The Bertz CT molecular complexity index is 513. The Morgan fingerprint density at radius 2 is 2.15 bits per heavy atom. The van der Waals surface area contributed by atoms with Gasteiger partial charge in [-0.2, -0.15) is 5.26 Å². The number of nitrogens with zero attached hydrogens (tertiary/aromatic N) is 2. The monoisotopic (exact) mass is 271 g/mol. The van der Waals surface area contributed by atoms with E-state index in [2.05, 4.69) is 23.2 Å². The van der Waals surface area contributed by atoms with E-state index in [4.69, 9.17) is 5.26 Å². The highest BCUT2D eigenvalue weighted by Crippen LogP contribution is 2.19. The molecule has 0 spiro atoms. The molecule has 0 bridgehead atoms. The van der Waals surface area contributed by atoms with Crippen LogP contribution in [0.5, 0.6) is 0 Å². The van der Waals surface area contributed by atoms with Gasteiger partial charge >= 0.3 is 0 Å². The summed E-state index contributed by atoms with van der Waals surface area (Å²) in [6.45, 7) is 6.16. The molecule has 1 fully saturated rings. The van der Waals surface area contributed by atoms with Gasteiger partial charge in [0.15, 0.2) is 0 Å². The minimum Gasteiger partial charge on any atom is -0.325 e. The lowest BCUT2D eigenvalue weighted by atomic mass is 9.98. The van der Waals surface area contributed by atoms with Crippen LogP contribution in [0.4, 0.5) is 5.69 Å². The first-order valence-corrected chi connectivity index (χ1v) is 7.15. The molecule has 20 heavy (non-hydrogen) atoms. The lowest BCUT2D eigenvalue weighted by molar-refractivity contribution is -0.121. The van der Waals surface area contributed by atoms with Crippen LogP contribution in [0.1, 0.15) is 32.3 Å². The third-order valence-corrected chi connectivity index (χ3v) is 4.00. The highest BCUT2D eigenvalue weighted by molar-refractivity contribution is 5.94. The van der Waals surface area contributed by atoms with Gasteiger partial charge in [-0.15, -0.1) is 0 Å². The maximum absolute atomic E-state index is 12.3. The fourth-order valence-electron chi connectivity index (χ4n) is 2.49. The normalized spacial score (nSPS) is 18.2. The first-order valence-electron chi connectivity index (χ1n) is 7.15. The van der Waals surface area contributed by atoms with Gasteiger partial charge in [0.25, 0.3) is 0 Å². The lowest BCUT2D eigenvalue weighted by Gasteiger charge is -2.34. The predicted molar refractivity (Wildman–Crippen MR) is 79.2 cm³/mol. The Morgan fingerprint density at radius 1 is 1.45 bits per heavy atom. The maximum Gasteiger partial charge on any atom is 0.241 e. The molecule has 1 saturated heterocycles. The van der Waals surface area contributed by atoms with Gasteiger partial charge < -0.3 is 5.32 Å². The summed E-state index contributed by atoms with van der Waals surface area (Å²) in [6, 6.07) is 8.96. The summed E-state index contributed by atoms with van der Waals surface area (Å²) in [5.41, 5.74) is 1.24. The van der Waals surface area contributed by atoms with Crippen molar-refractivity contribution < 1.29 is 4.79 Å². The Balaban J connectivity index is 1.95. The van der Waals surface area contributed by atoms with Gasteiger partial charge in [0.05, 0.1) is 17.7 Å². The van der Waals surface area contributed by atoms with Crippen molar-refractivity contribution in [1.82, 2.24) is 4.90 Å². The van der Waals surface area contributed by atoms with Crippen molar-refractivity contribution in [3.05, 3.63) is 29.8 Å². The zero-order chi connectivity index (χ0) is 14.5. The Labute approximate surface area is 120 Å². The Morgan fingerprint density at radius 3 is 2.80 bits per heavy atom. The van der Waals surface area contributed by atoms with E-state index < -0.39 is 0 Å². The molecule has 0 radical (unpaired) electrons. The summed E-state index contributed by atoms with van der Waals surface area (Å²) in [5.74, 6) is 0.753. The molecule has 1 heterocycles. The van der Waals surface area contributed by atoms with Gasteiger partial charge in [-0.25, -0.2) is 0 Å². The summed E-state index contributed by atoms with van der Waals surface area (Å²) in [7, 11) is 0. The van der Waals surface area contributed by atoms with Crippen LogP contribution in [-0.4, -0.2) is 29.9 Å². The zero-order valence-corrected chi connectivity index (χ0v) is 12.1. The van der Waals surface area contributed by atoms with Crippen molar-refractivity contribution in [2.45, 2.75) is 32.7 Å². The molecule has 1 N–H and O–H groups in total. The second-order valence-corrected chi connectivity index (χ2v) is 5.58. The summed E-state index contributed by atoms with van der Waals surface area (Å²) >= 11 is 0. The highest BCUT2D eigenvalue weighted by Gasteiger charge is 2.24. The van der Waals surface area contributed by atoms with E-state index in [0.29, 0.717) is 11.3 Å². The number of carbonyl (C=O) groups excluding carboxylic acids is 1. The topological polar surface area (TPSA) is 56.1 Å². The van der Waals surface area contributed by atoms with Crippen LogP contribution in [0, 0.1) is 17.2 Å². The fourth-order valence-corrected chi connectivity index (χ4v) is 2.49. The molecule has 1 aliphatic rings. The Hall–Kier alpha value is -1.86. The molecule has 106 valence electrons. The van der Waals surface area contributed by atoms with Crippen molar-refractivity contribution >= 4 is 11.6 Å². The van der Waals surface area contributed by atoms with Crippen LogP contribution in [-0.2, 0) is 4.79 Å². The van der Waals surface area contributed by atoms with Crippen LogP contribution in [0.3, 0.4) is 0 Å². The minimum absolute atomic E-state index is 0.00496. The number of piperidine rings is 1. The van der Waals surface area contributed by atoms with Gasteiger partial charge in [0.1, 0.15) is 0 Å². The molecule has 0 aromatic heterocycles. The number of benzene rings is 1. The van der Waals surface area contributed by atoms with Crippen LogP contribution in [0.15, 0.2) is 24.3 Å². The average Bonchev–Trinajstić information content (AvgIpc) is 2.47. The van der Waals surface area contributed by atoms with E-state index in [1.807, 2.05) is 13.0 Å². The number of carbonyl (C=O) groups is 1. The van der Waals surface area contributed by atoms with Crippen molar-refractivity contribution in [1.29, 1.82) is 5.26 Å². The molecule has 1 aliphatic heterocycles. The number of rotatable bonds is 3. The van der Waals surface area contributed by atoms with E-state index in [9.17, 15) is 4.79 Å². The number of nitriles is 1. The molecule has 2 rings (SSSR count). The molecule has 1 aromatic carbocycles. The van der Waals surface area contributed by atoms with Gasteiger partial charge in [-0.05, 0) is 57.0 Å². The van der Waals surface area contributed by atoms with E-state index in [1.165, 1.54) is 0 Å². The van der Waals surface area contributed by atoms with E-state index >= 15 is 0 Å². The molecule has 0 aliphatic carbocycles. The summed E-state index contributed by atoms with van der Waals surface area (Å²) in [6.07, 6.45) is 2.31. The summed E-state index contributed by atoms with van der Waals surface area (Å²) in [5, 5.41) is 11.8. The van der Waals surface area contributed by atoms with E-state index in [1.54, 1.807) is 18.2 Å². The Kier molecular flexibility index (Phi) is 4.75. The molecule has 4 heteroatoms. The fraction of sp³-hybridized carbons (Fsp3) is 0.500. The number of likely N-dealkylation sites (tertiary alicyclic amines) is 1. The molecule has 0 saturated carbocycles. The number of nitrogens with one attached hydrogen (secondary N) is 1. The number of anilines is 1. The summed E-state index contributed by atoms with van der Waals surface area (Å²) in [4.78, 5) is 14.5. The second kappa shape index (κ2) is 6.53. The number of hydrogen-bond acceptors (Lipinski definition) is 3. The molecular weight excluding hydrogens is 250 g/mol. The van der Waals surface area contributed by atoms with Crippen LogP contribution >= 0.6 is 0 Å². The van der Waals surface area contributed by atoms with E-state index in [-0.39, 0.29) is 11.9 Å².